The number of pyridine rings is 1. The van der Waals surface area contributed by atoms with Crippen LogP contribution >= 0.6 is 11.6 Å². The fourth-order valence-corrected chi connectivity index (χ4v) is 1.80. The maximum absolute atomic E-state index is 13.1. The van der Waals surface area contributed by atoms with Gasteiger partial charge in [0.05, 0.1) is 18.3 Å². The smallest absolute Gasteiger partial charge is 0.257 e. The molecule has 2 aromatic heterocycles. The Kier molecular flexibility index (Phi) is 3.80. The minimum atomic E-state index is -0.599. The number of aromatic nitrogens is 3. The predicted octanol–water partition coefficient (Wildman–Crippen LogP) is 1.88. The van der Waals surface area contributed by atoms with Crippen LogP contribution in [0.4, 0.5) is 4.39 Å². The third kappa shape index (κ3) is 2.90. The van der Waals surface area contributed by atoms with Gasteiger partial charge in [0.2, 0.25) is 0 Å². The Morgan fingerprint density at radius 2 is 2.26 bits per heavy atom. The van der Waals surface area contributed by atoms with Crippen molar-refractivity contribution >= 4 is 17.5 Å². The molecule has 0 fully saturated rings. The second-order valence-electron chi connectivity index (χ2n) is 4.11. The average molecular weight is 283 g/mol. The molecule has 0 aromatic carbocycles. The van der Waals surface area contributed by atoms with Gasteiger partial charge < -0.3 is 9.47 Å². The molecule has 0 aliphatic carbocycles. The number of amides is 1. The van der Waals surface area contributed by atoms with E-state index in [4.69, 9.17) is 11.6 Å². The fourth-order valence-electron chi connectivity index (χ4n) is 1.61. The Labute approximate surface area is 114 Å². The normalized spacial score (nSPS) is 10.5. The SMILES string of the molecule is CN(Cc1nccn1C)C(=O)c1cc(F)cnc1Cl. The maximum atomic E-state index is 13.1. The largest absolute Gasteiger partial charge is 0.337 e. The van der Waals surface area contributed by atoms with E-state index in [1.165, 1.54) is 4.90 Å². The van der Waals surface area contributed by atoms with Gasteiger partial charge in [-0.2, -0.15) is 0 Å². The zero-order chi connectivity index (χ0) is 14.0. The highest BCUT2D eigenvalue weighted by atomic mass is 35.5. The van der Waals surface area contributed by atoms with Gasteiger partial charge in [-0.1, -0.05) is 11.6 Å². The first-order chi connectivity index (χ1) is 8.99. The van der Waals surface area contributed by atoms with Crippen molar-refractivity contribution in [2.24, 2.45) is 7.05 Å². The van der Waals surface area contributed by atoms with Gasteiger partial charge in [-0.25, -0.2) is 14.4 Å². The van der Waals surface area contributed by atoms with Crippen LogP contribution in [0.1, 0.15) is 16.2 Å². The Hall–Kier alpha value is -1.95. The van der Waals surface area contributed by atoms with Crippen molar-refractivity contribution in [1.29, 1.82) is 0 Å². The van der Waals surface area contributed by atoms with Gasteiger partial charge in [0.15, 0.2) is 0 Å². The Morgan fingerprint density at radius 3 is 2.89 bits per heavy atom. The summed E-state index contributed by atoms with van der Waals surface area (Å²) in [5.41, 5.74) is 0.0402. The van der Waals surface area contributed by atoms with Crippen molar-refractivity contribution < 1.29 is 9.18 Å². The van der Waals surface area contributed by atoms with Gasteiger partial charge in [-0.15, -0.1) is 0 Å². The Morgan fingerprint density at radius 1 is 1.53 bits per heavy atom. The summed E-state index contributed by atoms with van der Waals surface area (Å²) in [6.07, 6.45) is 4.40. The van der Waals surface area contributed by atoms with E-state index in [0.29, 0.717) is 6.54 Å². The second-order valence-corrected chi connectivity index (χ2v) is 4.47. The summed E-state index contributed by atoms with van der Waals surface area (Å²) in [6, 6.07) is 1.08. The van der Waals surface area contributed by atoms with Gasteiger partial charge in [0.1, 0.15) is 16.8 Å². The number of rotatable bonds is 3. The lowest BCUT2D eigenvalue weighted by molar-refractivity contribution is 0.0780. The molecule has 5 nitrogen and oxygen atoms in total. The predicted molar refractivity (Wildman–Crippen MR) is 68.2 cm³/mol. The molecule has 2 heterocycles. The quantitative estimate of drug-likeness (QED) is 0.808. The van der Waals surface area contributed by atoms with Crippen LogP contribution in [0.15, 0.2) is 24.7 Å². The molecule has 0 unspecified atom stereocenters. The molecular weight excluding hydrogens is 271 g/mol. The summed E-state index contributed by atoms with van der Waals surface area (Å²) in [5.74, 6) is -0.283. The van der Waals surface area contributed by atoms with Crippen LogP contribution in [-0.4, -0.2) is 32.4 Å². The summed E-state index contributed by atoms with van der Waals surface area (Å²) in [4.78, 5) is 21.3. The molecule has 2 rings (SSSR count). The first-order valence-electron chi connectivity index (χ1n) is 5.51. The molecule has 100 valence electrons. The first-order valence-corrected chi connectivity index (χ1v) is 5.89. The van der Waals surface area contributed by atoms with Crippen LogP contribution in [0.2, 0.25) is 5.15 Å². The summed E-state index contributed by atoms with van der Waals surface area (Å²) < 4.78 is 14.9. The topological polar surface area (TPSA) is 51.0 Å². The monoisotopic (exact) mass is 282 g/mol. The zero-order valence-electron chi connectivity index (χ0n) is 10.5. The van der Waals surface area contributed by atoms with Crippen molar-refractivity contribution in [2.75, 3.05) is 7.05 Å². The van der Waals surface area contributed by atoms with Gasteiger partial charge in [-0.05, 0) is 6.07 Å². The summed E-state index contributed by atoms with van der Waals surface area (Å²) in [6.45, 7) is 0.301. The molecule has 0 N–H and O–H groups in total. The fraction of sp³-hybridized carbons (Fsp3) is 0.250. The van der Waals surface area contributed by atoms with Crippen LogP contribution in [0.25, 0.3) is 0 Å². The maximum Gasteiger partial charge on any atom is 0.257 e. The lowest BCUT2D eigenvalue weighted by atomic mass is 10.2. The van der Waals surface area contributed by atoms with E-state index < -0.39 is 11.7 Å². The van der Waals surface area contributed by atoms with E-state index in [1.807, 2.05) is 7.05 Å². The molecular formula is C12H12ClFN4O. The van der Waals surface area contributed by atoms with Crippen molar-refractivity contribution in [1.82, 2.24) is 19.4 Å². The molecule has 19 heavy (non-hydrogen) atoms. The van der Waals surface area contributed by atoms with Crippen molar-refractivity contribution in [2.45, 2.75) is 6.54 Å². The molecule has 0 bridgehead atoms. The van der Waals surface area contributed by atoms with Gasteiger partial charge >= 0.3 is 0 Å². The van der Waals surface area contributed by atoms with Crippen LogP contribution in [-0.2, 0) is 13.6 Å². The molecule has 0 aliphatic heterocycles. The third-order valence-corrected chi connectivity index (χ3v) is 2.98. The van der Waals surface area contributed by atoms with E-state index in [9.17, 15) is 9.18 Å². The minimum Gasteiger partial charge on any atom is -0.337 e. The van der Waals surface area contributed by atoms with E-state index in [1.54, 1.807) is 24.0 Å². The molecule has 1 amide bonds. The number of hydrogen-bond donors (Lipinski definition) is 0. The molecule has 0 saturated heterocycles. The van der Waals surface area contributed by atoms with E-state index in [-0.39, 0.29) is 10.7 Å². The van der Waals surface area contributed by atoms with Crippen LogP contribution < -0.4 is 0 Å². The van der Waals surface area contributed by atoms with Crippen molar-refractivity contribution in [3.63, 3.8) is 0 Å². The minimum absolute atomic E-state index is 0.0157. The number of imidazole rings is 1. The molecule has 2 aromatic rings. The number of aryl methyl sites for hydroxylation is 1. The van der Waals surface area contributed by atoms with Crippen LogP contribution in [0.3, 0.4) is 0 Å². The number of carbonyl (C=O) groups excluding carboxylic acids is 1. The third-order valence-electron chi connectivity index (χ3n) is 2.68. The summed E-state index contributed by atoms with van der Waals surface area (Å²) in [7, 11) is 3.43. The van der Waals surface area contributed by atoms with Gasteiger partial charge in [0.25, 0.3) is 5.91 Å². The van der Waals surface area contributed by atoms with Crippen LogP contribution in [0, 0.1) is 5.82 Å². The number of hydrogen-bond acceptors (Lipinski definition) is 3. The molecule has 0 radical (unpaired) electrons. The molecule has 0 spiro atoms. The highest BCUT2D eigenvalue weighted by Gasteiger charge is 2.18. The zero-order valence-corrected chi connectivity index (χ0v) is 11.2. The number of carbonyl (C=O) groups is 1. The van der Waals surface area contributed by atoms with E-state index >= 15 is 0 Å². The van der Waals surface area contributed by atoms with Gasteiger partial charge in [0, 0.05) is 26.5 Å². The summed E-state index contributed by atoms with van der Waals surface area (Å²) >= 11 is 5.80. The molecule has 0 aliphatic rings. The molecule has 0 saturated carbocycles. The second kappa shape index (κ2) is 5.36. The van der Waals surface area contributed by atoms with Gasteiger partial charge in [-0.3, -0.25) is 4.79 Å². The number of nitrogens with zero attached hydrogens (tertiary/aromatic N) is 4. The Bertz CT molecular complexity index is 614. The first kappa shape index (κ1) is 13.5. The van der Waals surface area contributed by atoms with Crippen molar-refractivity contribution in [3.05, 3.63) is 47.0 Å². The van der Waals surface area contributed by atoms with E-state index in [2.05, 4.69) is 9.97 Å². The van der Waals surface area contributed by atoms with Crippen molar-refractivity contribution in [3.8, 4) is 0 Å². The van der Waals surface area contributed by atoms with E-state index in [0.717, 1.165) is 18.1 Å². The lowest BCUT2D eigenvalue weighted by Gasteiger charge is -2.17. The number of halogens is 2. The molecule has 0 atom stereocenters. The Balaban J connectivity index is 2.19. The standard InChI is InChI=1S/C12H12ClFN4O/c1-17-4-3-15-10(17)7-18(2)12(19)9-5-8(14)6-16-11(9)13/h3-6H,7H2,1-2H3. The highest BCUT2D eigenvalue weighted by Crippen LogP contribution is 2.16. The average Bonchev–Trinajstić information content (AvgIpc) is 2.77. The van der Waals surface area contributed by atoms with Crippen LogP contribution in [0.5, 0.6) is 0 Å². The summed E-state index contributed by atoms with van der Waals surface area (Å²) in [5, 5.41) is -0.0157. The highest BCUT2D eigenvalue weighted by molar-refractivity contribution is 6.32. The molecule has 7 heteroatoms. The lowest BCUT2D eigenvalue weighted by Crippen LogP contribution is -2.28.